The summed E-state index contributed by atoms with van der Waals surface area (Å²) in [4.78, 5) is 15.5. The first kappa shape index (κ1) is 13.9. The molecule has 0 radical (unpaired) electrons. The van der Waals surface area contributed by atoms with Gasteiger partial charge in [-0.15, -0.1) is 0 Å². The molecule has 0 aliphatic carbocycles. The number of aromatic nitrogens is 2. The molecule has 0 saturated carbocycles. The van der Waals surface area contributed by atoms with Crippen LogP contribution in [0.15, 0.2) is 24.3 Å². The minimum absolute atomic E-state index is 0.379. The number of nitrogens with zero attached hydrogens (tertiary/aromatic N) is 2. The standard InChI is InChI=1S/C15H15ClN2O3/c1-21-11-4-2-9(3-5-11)14-17-13(16)12-8-10(15(19)20)6-7-18(12)14/h2-5,10H,6-8H2,1H3,(H,19,20). The number of hydrogen-bond donors (Lipinski definition) is 1. The van der Waals surface area contributed by atoms with E-state index >= 15 is 0 Å². The number of aliphatic carboxylic acids is 1. The van der Waals surface area contributed by atoms with Crippen molar-refractivity contribution in [3.8, 4) is 17.1 Å². The van der Waals surface area contributed by atoms with Gasteiger partial charge in [-0.25, -0.2) is 4.98 Å². The van der Waals surface area contributed by atoms with Crippen LogP contribution in [0.4, 0.5) is 0 Å². The topological polar surface area (TPSA) is 64.4 Å². The second-order valence-electron chi connectivity index (χ2n) is 5.08. The van der Waals surface area contributed by atoms with Crippen molar-refractivity contribution in [3.63, 3.8) is 0 Å². The second kappa shape index (κ2) is 5.41. The van der Waals surface area contributed by atoms with Gasteiger partial charge in [0.15, 0.2) is 5.15 Å². The zero-order valence-corrected chi connectivity index (χ0v) is 12.3. The zero-order valence-electron chi connectivity index (χ0n) is 11.5. The number of rotatable bonds is 3. The lowest BCUT2D eigenvalue weighted by molar-refractivity contribution is -0.142. The summed E-state index contributed by atoms with van der Waals surface area (Å²) in [5.74, 6) is 0.405. The van der Waals surface area contributed by atoms with Crippen LogP contribution in [0.1, 0.15) is 12.1 Å². The number of carbonyl (C=O) groups is 1. The zero-order chi connectivity index (χ0) is 15.0. The molecule has 6 heteroatoms. The molecule has 1 unspecified atom stereocenters. The lowest BCUT2D eigenvalue weighted by Gasteiger charge is -2.22. The minimum Gasteiger partial charge on any atom is -0.497 e. The second-order valence-corrected chi connectivity index (χ2v) is 5.44. The molecule has 3 rings (SSSR count). The summed E-state index contributed by atoms with van der Waals surface area (Å²) in [7, 11) is 1.62. The molecule has 1 aliphatic rings. The normalized spacial score (nSPS) is 17.3. The highest BCUT2D eigenvalue weighted by atomic mass is 35.5. The molecule has 1 aromatic carbocycles. The maximum Gasteiger partial charge on any atom is 0.306 e. The Labute approximate surface area is 127 Å². The molecular formula is C15H15ClN2O3. The van der Waals surface area contributed by atoms with Gasteiger partial charge in [-0.1, -0.05) is 11.6 Å². The smallest absolute Gasteiger partial charge is 0.306 e. The monoisotopic (exact) mass is 306 g/mol. The van der Waals surface area contributed by atoms with Crippen molar-refractivity contribution >= 4 is 17.6 Å². The highest BCUT2D eigenvalue weighted by Gasteiger charge is 2.29. The number of hydrogen-bond acceptors (Lipinski definition) is 3. The Hall–Kier alpha value is -2.01. The number of carboxylic acid groups (broad SMARTS) is 1. The van der Waals surface area contributed by atoms with Gasteiger partial charge >= 0.3 is 5.97 Å². The van der Waals surface area contributed by atoms with E-state index in [1.807, 2.05) is 28.8 Å². The van der Waals surface area contributed by atoms with Gasteiger partial charge in [-0.3, -0.25) is 4.79 Å². The number of benzene rings is 1. The molecule has 5 nitrogen and oxygen atoms in total. The first-order chi connectivity index (χ1) is 10.1. The Bertz CT molecular complexity index is 679. The predicted octanol–water partition coefficient (Wildman–Crippen LogP) is 2.86. The van der Waals surface area contributed by atoms with E-state index in [2.05, 4.69) is 4.98 Å². The average Bonchev–Trinajstić information content (AvgIpc) is 2.84. The molecule has 0 bridgehead atoms. The van der Waals surface area contributed by atoms with Gasteiger partial charge in [0.1, 0.15) is 11.6 Å². The van der Waals surface area contributed by atoms with E-state index in [1.54, 1.807) is 7.11 Å². The maximum absolute atomic E-state index is 11.1. The van der Waals surface area contributed by atoms with Crippen molar-refractivity contribution in [3.05, 3.63) is 35.1 Å². The molecule has 1 atom stereocenters. The van der Waals surface area contributed by atoms with Crippen molar-refractivity contribution in [2.45, 2.75) is 19.4 Å². The largest absolute Gasteiger partial charge is 0.497 e. The van der Waals surface area contributed by atoms with Crippen LogP contribution in [0, 0.1) is 5.92 Å². The molecule has 0 amide bonds. The molecule has 1 N–H and O–H groups in total. The molecule has 110 valence electrons. The van der Waals surface area contributed by atoms with Crippen LogP contribution in [0.3, 0.4) is 0 Å². The number of imidazole rings is 1. The van der Waals surface area contributed by atoms with Gasteiger partial charge in [0.05, 0.1) is 18.7 Å². The Kier molecular flexibility index (Phi) is 3.59. The average molecular weight is 307 g/mol. The summed E-state index contributed by atoms with van der Waals surface area (Å²) in [6.07, 6.45) is 1.02. The molecule has 2 aromatic rings. The van der Waals surface area contributed by atoms with E-state index in [0.29, 0.717) is 24.5 Å². The summed E-state index contributed by atoms with van der Waals surface area (Å²) in [5.41, 5.74) is 1.75. The maximum atomic E-state index is 11.1. The molecular weight excluding hydrogens is 292 g/mol. The van der Waals surface area contributed by atoms with Crippen LogP contribution in [-0.4, -0.2) is 27.7 Å². The third-order valence-electron chi connectivity index (χ3n) is 3.86. The number of ether oxygens (including phenoxy) is 1. The SMILES string of the molecule is COc1ccc(-c2nc(Cl)c3n2CCC(C(=O)O)C3)cc1. The van der Waals surface area contributed by atoms with E-state index in [9.17, 15) is 4.79 Å². The third kappa shape index (κ3) is 2.49. The molecule has 0 spiro atoms. The Morgan fingerprint density at radius 1 is 1.43 bits per heavy atom. The quantitative estimate of drug-likeness (QED) is 0.947. The Morgan fingerprint density at radius 3 is 2.76 bits per heavy atom. The van der Waals surface area contributed by atoms with Crippen LogP contribution in [0.5, 0.6) is 5.75 Å². The summed E-state index contributed by atoms with van der Waals surface area (Å²) in [5, 5.41) is 9.54. The van der Waals surface area contributed by atoms with Crippen LogP contribution in [0.2, 0.25) is 5.15 Å². The van der Waals surface area contributed by atoms with Gasteiger partial charge in [0.25, 0.3) is 0 Å². The van der Waals surface area contributed by atoms with E-state index in [1.165, 1.54) is 0 Å². The molecule has 2 heterocycles. The van der Waals surface area contributed by atoms with Crippen molar-refractivity contribution in [2.75, 3.05) is 7.11 Å². The van der Waals surface area contributed by atoms with E-state index in [4.69, 9.17) is 21.4 Å². The van der Waals surface area contributed by atoms with Crippen LogP contribution < -0.4 is 4.74 Å². The fraction of sp³-hybridized carbons (Fsp3) is 0.333. The summed E-state index contributed by atoms with van der Waals surface area (Å²) in [6, 6.07) is 7.59. The number of fused-ring (bicyclic) bond motifs is 1. The summed E-state index contributed by atoms with van der Waals surface area (Å²) < 4.78 is 7.16. The van der Waals surface area contributed by atoms with Crippen molar-refractivity contribution in [1.29, 1.82) is 0 Å². The number of halogens is 1. The Morgan fingerprint density at radius 2 is 2.14 bits per heavy atom. The van der Waals surface area contributed by atoms with E-state index in [0.717, 1.165) is 22.8 Å². The van der Waals surface area contributed by atoms with Gasteiger partial charge in [0.2, 0.25) is 0 Å². The molecule has 0 fully saturated rings. The van der Waals surface area contributed by atoms with Crippen molar-refractivity contribution < 1.29 is 14.6 Å². The Balaban J connectivity index is 1.98. The van der Waals surface area contributed by atoms with Gasteiger partial charge in [-0.2, -0.15) is 0 Å². The highest BCUT2D eigenvalue weighted by Crippen LogP contribution is 2.32. The van der Waals surface area contributed by atoms with Gasteiger partial charge in [0, 0.05) is 18.5 Å². The van der Waals surface area contributed by atoms with Crippen LogP contribution in [-0.2, 0) is 17.8 Å². The molecule has 0 saturated heterocycles. The lowest BCUT2D eigenvalue weighted by Crippen LogP contribution is -2.25. The molecule has 21 heavy (non-hydrogen) atoms. The van der Waals surface area contributed by atoms with E-state index in [-0.39, 0.29) is 5.92 Å². The van der Waals surface area contributed by atoms with Crippen molar-refractivity contribution in [2.24, 2.45) is 5.92 Å². The van der Waals surface area contributed by atoms with Gasteiger partial charge < -0.3 is 14.4 Å². The molecule has 1 aliphatic heterocycles. The lowest BCUT2D eigenvalue weighted by atomic mass is 9.96. The van der Waals surface area contributed by atoms with Crippen LogP contribution >= 0.6 is 11.6 Å². The fourth-order valence-corrected chi connectivity index (χ4v) is 2.94. The first-order valence-corrected chi connectivity index (χ1v) is 7.10. The first-order valence-electron chi connectivity index (χ1n) is 6.72. The number of methoxy groups -OCH3 is 1. The third-order valence-corrected chi connectivity index (χ3v) is 4.16. The summed E-state index contributed by atoms with van der Waals surface area (Å²) in [6.45, 7) is 0.618. The van der Waals surface area contributed by atoms with Crippen LogP contribution in [0.25, 0.3) is 11.4 Å². The van der Waals surface area contributed by atoms with Crippen molar-refractivity contribution in [1.82, 2.24) is 9.55 Å². The molecule has 1 aromatic heterocycles. The number of carboxylic acids is 1. The van der Waals surface area contributed by atoms with E-state index < -0.39 is 5.97 Å². The predicted molar refractivity (Wildman–Crippen MR) is 78.7 cm³/mol. The summed E-state index contributed by atoms with van der Waals surface area (Å²) >= 11 is 6.19. The fourth-order valence-electron chi connectivity index (χ4n) is 2.68. The highest BCUT2D eigenvalue weighted by molar-refractivity contribution is 6.30. The minimum atomic E-state index is -0.774. The van der Waals surface area contributed by atoms with Gasteiger partial charge in [-0.05, 0) is 30.7 Å².